The van der Waals surface area contributed by atoms with Crippen molar-refractivity contribution in [3.8, 4) is 0 Å². The van der Waals surface area contributed by atoms with Gasteiger partial charge in [0.2, 0.25) is 0 Å². The van der Waals surface area contributed by atoms with Gasteiger partial charge in [-0.25, -0.2) is 0 Å². The fourth-order valence-corrected chi connectivity index (χ4v) is 5.21. The van der Waals surface area contributed by atoms with Crippen molar-refractivity contribution in [2.24, 2.45) is 38.9 Å². The van der Waals surface area contributed by atoms with Crippen LogP contribution in [-0.2, 0) is 4.74 Å². The van der Waals surface area contributed by atoms with Gasteiger partial charge in [-0.2, -0.15) is 15.3 Å². The first-order valence-corrected chi connectivity index (χ1v) is 14.1. The minimum atomic E-state index is 0.216. The number of aromatic nitrogens is 2. The Balaban J connectivity index is 0.00000109. The maximum Gasteiger partial charge on any atom is 0.0923 e. The maximum absolute atomic E-state index is 5.24. The summed E-state index contributed by atoms with van der Waals surface area (Å²) in [5.41, 5.74) is 9.05. The van der Waals surface area contributed by atoms with Crippen LogP contribution in [0.2, 0.25) is 0 Å². The highest BCUT2D eigenvalue weighted by Gasteiger charge is 2.45. The third-order valence-corrected chi connectivity index (χ3v) is 7.21. The van der Waals surface area contributed by atoms with E-state index in [9.17, 15) is 0 Å². The average Bonchev–Trinajstić information content (AvgIpc) is 3.82. The average molecular weight is 505 g/mol. The number of nitrogens with one attached hydrogen (secondary N) is 1. The second-order valence-corrected chi connectivity index (χ2v) is 10.2. The molecular formula is C27H52N8O. The second-order valence-electron chi connectivity index (χ2n) is 10.2. The lowest BCUT2D eigenvalue weighted by molar-refractivity contribution is 0.116. The van der Waals surface area contributed by atoms with E-state index in [1.54, 1.807) is 7.11 Å². The summed E-state index contributed by atoms with van der Waals surface area (Å²) in [5, 5.41) is 19.9. The zero-order valence-corrected chi connectivity index (χ0v) is 23.8. The van der Waals surface area contributed by atoms with Gasteiger partial charge in [0, 0.05) is 25.6 Å². The van der Waals surface area contributed by atoms with Crippen molar-refractivity contribution < 1.29 is 4.74 Å². The predicted octanol–water partition coefficient (Wildman–Crippen LogP) is 5.03. The van der Waals surface area contributed by atoms with E-state index in [0.717, 1.165) is 43.7 Å². The molecule has 3 unspecified atom stereocenters. The normalized spacial score (nSPS) is 20.8. The van der Waals surface area contributed by atoms with Crippen molar-refractivity contribution in [1.29, 1.82) is 0 Å². The van der Waals surface area contributed by atoms with E-state index in [-0.39, 0.29) is 12.1 Å². The van der Waals surface area contributed by atoms with Gasteiger partial charge < -0.3 is 15.9 Å². The van der Waals surface area contributed by atoms with E-state index in [4.69, 9.17) is 9.84 Å². The van der Waals surface area contributed by atoms with Crippen LogP contribution in [0.4, 0.5) is 0 Å². The largest absolute Gasteiger partial charge is 0.383 e. The monoisotopic (exact) mass is 504 g/mol. The predicted molar refractivity (Wildman–Crippen MR) is 148 cm³/mol. The second kappa shape index (κ2) is 16.0. The Morgan fingerprint density at radius 3 is 2.42 bits per heavy atom. The first-order valence-electron chi connectivity index (χ1n) is 14.1. The van der Waals surface area contributed by atoms with Gasteiger partial charge >= 0.3 is 0 Å². The summed E-state index contributed by atoms with van der Waals surface area (Å²) in [6.45, 7) is 12.6. The van der Waals surface area contributed by atoms with Gasteiger partial charge in [-0.1, -0.05) is 19.1 Å². The van der Waals surface area contributed by atoms with Gasteiger partial charge in [0.1, 0.15) is 0 Å². The molecule has 3 atom stereocenters. The van der Waals surface area contributed by atoms with E-state index < -0.39 is 0 Å². The molecule has 1 aliphatic heterocycles. The molecule has 9 heteroatoms. The minimum Gasteiger partial charge on any atom is -0.383 e. The molecule has 0 bridgehead atoms. The molecule has 2 saturated carbocycles. The highest BCUT2D eigenvalue weighted by molar-refractivity contribution is 5.56. The zero-order valence-electron chi connectivity index (χ0n) is 23.8. The minimum absolute atomic E-state index is 0.216. The molecule has 206 valence electrons. The molecule has 9 nitrogen and oxygen atoms in total. The first kappa shape index (κ1) is 30.2. The van der Waals surface area contributed by atoms with Crippen LogP contribution in [0.5, 0.6) is 0 Å². The number of hydrogen-bond donors (Lipinski definition) is 2. The lowest BCUT2D eigenvalue weighted by Gasteiger charge is -2.28. The third-order valence-electron chi connectivity index (χ3n) is 7.21. The number of methoxy groups -OCH3 is 1. The van der Waals surface area contributed by atoms with Crippen LogP contribution < -0.4 is 11.2 Å². The molecule has 3 aliphatic rings. The fraction of sp³-hybridized carbons (Fsp3) is 0.852. The molecule has 0 aromatic carbocycles. The van der Waals surface area contributed by atoms with E-state index in [1.807, 2.05) is 13.8 Å². The summed E-state index contributed by atoms with van der Waals surface area (Å²) >= 11 is 0. The summed E-state index contributed by atoms with van der Waals surface area (Å²) in [4.78, 5) is 0. The van der Waals surface area contributed by atoms with Gasteiger partial charge in [-0.15, -0.1) is 0 Å². The molecule has 0 spiro atoms. The molecule has 36 heavy (non-hydrogen) atoms. The highest BCUT2D eigenvalue weighted by Crippen LogP contribution is 2.55. The summed E-state index contributed by atoms with van der Waals surface area (Å²) in [7, 11) is 3.23. The van der Waals surface area contributed by atoms with Crippen LogP contribution in [0, 0.1) is 17.8 Å². The van der Waals surface area contributed by atoms with Crippen LogP contribution in [0.25, 0.3) is 0 Å². The number of nitrogens with two attached hydrogens (primary N) is 1. The maximum atomic E-state index is 5.24. The van der Waals surface area contributed by atoms with E-state index >= 15 is 0 Å². The third kappa shape index (κ3) is 8.83. The molecule has 0 saturated heterocycles. The van der Waals surface area contributed by atoms with Crippen molar-refractivity contribution in [2.45, 2.75) is 97.2 Å². The molecule has 4 rings (SSSR count). The Morgan fingerprint density at radius 2 is 1.83 bits per heavy atom. The van der Waals surface area contributed by atoms with Crippen LogP contribution >= 0.6 is 0 Å². The number of nitrogens with zero attached hydrogens (tertiary/aromatic N) is 6. The summed E-state index contributed by atoms with van der Waals surface area (Å²) in [5.74, 6) is 3.21. The Kier molecular flexibility index (Phi) is 13.4. The Labute approximate surface area is 219 Å². The molecule has 0 radical (unpaired) electrons. The molecule has 1 aromatic heterocycles. The lowest BCUT2D eigenvalue weighted by Crippen LogP contribution is -2.38. The number of ether oxygens (including phenoxy) is 1. The molecule has 1 aromatic rings. The molecular weight excluding hydrogens is 452 g/mol. The smallest absolute Gasteiger partial charge is 0.0923 e. The standard InChI is InChI=1S/C24H41N7O.C2H6.CH5N/c1-17(2)28-25-11-5-6-22(24(19-7-8-19)20-9-10-20)21-14-27-31(16-21)18(3)23-15-26-29-30(23)12-13-32-4;2*1-2/h11,14,16-20,22-24,28H,5-10,12-13,15H2,1-4H3;1-2H3;2H2,1H3/b25-11-;;. The van der Waals surface area contributed by atoms with Crippen LogP contribution in [0.15, 0.2) is 27.8 Å². The van der Waals surface area contributed by atoms with E-state index in [0.29, 0.717) is 18.6 Å². The van der Waals surface area contributed by atoms with Crippen molar-refractivity contribution in [3.63, 3.8) is 0 Å². The van der Waals surface area contributed by atoms with Crippen LogP contribution in [0.1, 0.15) is 90.7 Å². The number of hydrazone groups is 1. The van der Waals surface area contributed by atoms with E-state index in [2.05, 4.69) is 75.7 Å². The van der Waals surface area contributed by atoms with Gasteiger partial charge in [0.25, 0.3) is 0 Å². The topological polar surface area (TPSA) is 105 Å². The van der Waals surface area contributed by atoms with Gasteiger partial charge in [-0.05, 0) is 95.6 Å². The van der Waals surface area contributed by atoms with Crippen molar-refractivity contribution >= 4 is 6.21 Å². The number of hydrogen-bond acceptors (Lipinski definition) is 8. The Bertz CT molecular complexity index is 760. The van der Waals surface area contributed by atoms with Crippen molar-refractivity contribution in [3.05, 3.63) is 18.0 Å². The Morgan fingerprint density at radius 1 is 1.17 bits per heavy atom. The summed E-state index contributed by atoms with van der Waals surface area (Å²) < 4.78 is 7.39. The SMILES string of the molecule is CC.CN.COCCN1N=NCC1C(C)n1cc(C(CC/C=N\NC(C)C)C(C2CC2)C2CC2)cn1. The molecule has 3 N–H and O–H groups in total. The Hall–Kier alpha value is -2.00. The van der Waals surface area contributed by atoms with Crippen LogP contribution in [-0.4, -0.2) is 66.9 Å². The van der Waals surface area contributed by atoms with Gasteiger partial charge in [0.05, 0.1) is 38.0 Å². The molecule has 2 heterocycles. The van der Waals surface area contributed by atoms with Crippen LogP contribution in [0.3, 0.4) is 0 Å². The molecule has 2 aliphatic carbocycles. The quantitative estimate of drug-likeness (QED) is 0.273. The summed E-state index contributed by atoms with van der Waals surface area (Å²) in [6.07, 6.45) is 14.3. The van der Waals surface area contributed by atoms with E-state index in [1.165, 1.54) is 38.3 Å². The van der Waals surface area contributed by atoms with Crippen molar-refractivity contribution in [2.75, 3.05) is 33.9 Å². The van der Waals surface area contributed by atoms with Gasteiger partial charge in [0.15, 0.2) is 0 Å². The molecule has 2 fully saturated rings. The highest BCUT2D eigenvalue weighted by atomic mass is 16.5. The first-order chi connectivity index (χ1) is 17.6. The number of rotatable bonds is 14. The summed E-state index contributed by atoms with van der Waals surface area (Å²) in [6, 6.07) is 0.826. The fourth-order valence-electron chi connectivity index (χ4n) is 5.21. The molecule has 0 amide bonds. The zero-order chi connectivity index (χ0) is 26.5. The van der Waals surface area contributed by atoms with Gasteiger partial charge in [-0.3, -0.25) is 9.69 Å². The lowest BCUT2D eigenvalue weighted by atomic mass is 9.78. The van der Waals surface area contributed by atoms with Crippen molar-refractivity contribution in [1.82, 2.24) is 20.2 Å².